The third kappa shape index (κ3) is 5.44. The van der Waals surface area contributed by atoms with Crippen molar-refractivity contribution in [2.24, 2.45) is 0 Å². The molecule has 2 N–H and O–H groups in total. The van der Waals surface area contributed by atoms with Crippen molar-refractivity contribution in [3.05, 3.63) is 26.6 Å². The molecule has 0 spiro atoms. The zero-order valence-electron chi connectivity index (χ0n) is 15.7. The van der Waals surface area contributed by atoms with Crippen LogP contribution < -0.4 is 10.6 Å². The second kappa shape index (κ2) is 8.60. The van der Waals surface area contributed by atoms with E-state index in [0.29, 0.717) is 39.6 Å². The fourth-order valence-corrected chi connectivity index (χ4v) is 4.12. The van der Waals surface area contributed by atoms with E-state index in [1.165, 1.54) is 11.9 Å². The van der Waals surface area contributed by atoms with Gasteiger partial charge in [-0.1, -0.05) is 15.9 Å². The third-order valence-electron chi connectivity index (χ3n) is 3.96. The molecule has 1 heterocycles. The highest BCUT2D eigenvalue weighted by Gasteiger charge is 2.37. The van der Waals surface area contributed by atoms with E-state index in [9.17, 15) is 14.4 Å². The van der Waals surface area contributed by atoms with Gasteiger partial charge in [0.25, 0.3) is 5.91 Å². The van der Waals surface area contributed by atoms with Gasteiger partial charge < -0.3 is 15.4 Å². The Balaban J connectivity index is 2.24. The molecule has 0 radical (unpaired) electrons. The van der Waals surface area contributed by atoms with E-state index in [2.05, 4.69) is 42.5 Å². The van der Waals surface area contributed by atoms with Gasteiger partial charge in [-0.2, -0.15) is 0 Å². The van der Waals surface area contributed by atoms with Crippen LogP contribution in [-0.4, -0.2) is 48.0 Å². The van der Waals surface area contributed by atoms with E-state index < -0.39 is 17.7 Å². The van der Waals surface area contributed by atoms with E-state index in [0.717, 1.165) is 0 Å². The number of carbonyl (C=O) groups is 3. The number of ether oxygens (including phenoxy) is 1. The third-order valence-corrected chi connectivity index (χ3v) is 5.04. The SMILES string of the molecule is CNC(=O)c1cc(Br)cc(Br)c1NC(=O)[C@@H]1CCCN1C(=O)OC(C)(C)C. The lowest BCUT2D eigenvalue weighted by molar-refractivity contribution is -0.120. The normalized spacial score (nSPS) is 16.8. The van der Waals surface area contributed by atoms with Crippen LogP contribution in [0, 0.1) is 0 Å². The van der Waals surface area contributed by atoms with Gasteiger partial charge in [0.1, 0.15) is 11.6 Å². The summed E-state index contributed by atoms with van der Waals surface area (Å²) in [5.74, 6) is -0.686. The Kier molecular flexibility index (Phi) is 6.91. The number of likely N-dealkylation sites (tertiary alicyclic amines) is 1. The number of carbonyl (C=O) groups excluding carboxylic acids is 3. The Morgan fingerprint density at radius 1 is 1.22 bits per heavy atom. The maximum Gasteiger partial charge on any atom is 0.410 e. The molecule has 0 saturated carbocycles. The molecule has 1 fully saturated rings. The minimum Gasteiger partial charge on any atom is -0.444 e. The van der Waals surface area contributed by atoms with E-state index >= 15 is 0 Å². The van der Waals surface area contributed by atoms with Gasteiger partial charge in [0, 0.05) is 22.5 Å². The van der Waals surface area contributed by atoms with Gasteiger partial charge in [-0.25, -0.2) is 4.79 Å². The van der Waals surface area contributed by atoms with Gasteiger partial charge in [-0.15, -0.1) is 0 Å². The van der Waals surface area contributed by atoms with Crippen LogP contribution in [0.3, 0.4) is 0 Å². The van der Waals surface area contributed by atoms with Crippen LogP contribution in [0.15, 0.2) is 21.1 Å². The van der Waals surface area contributed by atoms with Gasteiger partial charge in [0.15, 0.2) is 0 Å². The minimum absolute atomic E-state index is 0.314. The van der Waals surface area contributed by atoms with Crippen LogP contribution in [0.4, 0.5) is 10.5 Å². The second-order valence-electron chi connectivity index (χ2n) is 7.21. The molecule has 0 aromatic heterocycles. The molecule has 0 bridgehead atoms. The molecule has 148 valence electrons. The fourth-order valence-electron chi connectivity index (χ4n) is 2.80. The van der Waals surface area contributed by atoms with Crippen molar-refractivity contribution >= 4 is 55.5 Å². The van der Waals surface area contributed by atoms with E-state index in [-0.39, 0.29) is 11.8 Å². The summed E-state index contributed by atoms with van der Waals surface area (Å²) >= 11 is 6.73. The van der Waals surface area contributed by atoms with Crippen molar-refractivity contribution in [2.45, 2.75) is 45.3 Å². The Bertz CT molecular complexity index is 762. The van der Waals surface area contributed by atoms with Crippen LogP contribution in [0.2, 0.25) is 0 Å². The lowest BCUT2D eigenvalue weighted by Crippen LogP contribution is -2.45. The molecule has 1 aliphatic heterocycles. The minimum atomic E-state index is -0.645. The molecule has 0 unspecified atom stereocenters. The van der Waals surface area contributed by atoms with Gasteiger partial charge in [-0.3, -0.25) is 14.5 Å². The van der Waals surface area contributed by atoms with Crippen LogP contribution in [0.1, 0.15) is 44.0 Å². The van der Waals surface area contributed by atoms with Crippen molar-refractivity contribution in [1.82, 2.24) is 10.2 Å². The van der Waals surface area contributed by atoms with E-state index in [4.69, 9.17) is 4.74 Å². The summed E-state index contributed by atoms with van der Waals surface area (Å²) in [5.41, 5.74) is 0.0365. The average Bonchev–Trinajstić information content (AvgIpc) is 3.04. The van der Waals surface area contributed by atoms with Gasteiger partial charge in [0.05, 0.1) is 11.3 Å². The predicted molar refractivity (Wildman–Crippen MR) is 110 cm³/mol. The van der Waals surface area contributed by atoms with Gasteiger partial charge >= 0.3 is 6.09 Å². The molecule has 7 nitrogen and oxygen atoms in total. The van der Waals surface area contributed by atoms with Crippen LogP contribution in [0.25, 0.3) is 0 Å². The van der Waals surface area contributed by atoms with Crippen LogP contribution >= 0.6 is 31.9 Å². The van der Waals surface area contributed by atoms with Crippen LogP contribution in [0.5, 0.6) is 0 Å². The number of benzene rings is 1. The molecule has 0 aliphatic carbocycles. The summed E-state index contributed by atoms with van der Waals surface area (Å²) in [5, 5.41) is 5.35. The summed E-state index contributed by atoms with van der Waals surface area (Å²) in [7, 11) is 1.52. The summed E-state index contributed by atoms with van der Waals surface area (Å²) in [6.07, 6.45) is 0.733. The zero-order chi connectivity index (χ0) is 20.4. The molecule has 1 aromatic carbocycles. The van der Waals surface area contributed by atoms with Crippen molar-refractivity contribution in [2.75, 3.05) is 18.9 Å². The van der Waals surface area contributed by atoms with Gasteiger partial charge in [0.2, 0.25) is 5.91 Å². The fraction of sp³-hybridized carbons (Fsp3) is 0.500. The maximum atomic E-state index is 12.9. The topological polar surface area (TPSA) is 87.7 Å². The lowest BCUT2D eigenvalue weighted by Gasteiger charge is -2.28. The van der Waals surface area contributed by atoms with Gasteiger partial charge in [-0.05, 0) is 61.7 Å². The Morgan fingerprint density at radius 3 is 2.48 bits per heavy atom. The molecule has 1 atom stereocenters. The number of rotatable bonds is 3. The van der Waals surface area contributed by atoms with Crippen molar-refractivity contribution in [3.8, 4) is 0 Å². The molecule has 1 saturated heterocycles. The van der Waals surface area contributed by atoms with Crippen molar-refractivity contribution < 1.29 is 19.1 Å². The first kappa shape index (κ1) is 21.7. The first-order valence-corrected chi connectivity index (χ1v) is 10.1. The Morgan fingerprint density at radius 2 is 1.89 bits per heavy atom. The summed E-state index contributed by atoms with van der Waals surface area (Å²) < 4.78 is 6.66. The number of hydrogen-bond donors (Lipinski definition) is 2. The number of amides is 3. The summed E-state index contributed by atoms with van der Waals surface area (Å²) in [4.78, 5) is 38.9. The first-order valence-electron chi connectivity index (χ1n) is 8.55. The standard InChI is InChI=1S/C18H23Br2N3O4/c1-18(2,3)27-17(26)23-7-5-6-13(23)16(25)22-14-11(15(24)21-4)8-10(19)9-12(14)20/h8-9,13H,5-7H2,1-4H3,(H,21,24)(H,22,25)/t13-/m0/s1. The maximum absolute atomic E-state index is 12.9. The van der Waals surface area contributed by atoms with Crippen LogP contribution in [-0.2, 0) is 9.53 Å². The zero-order valence-corrected chi connectivity index (χ0v) is 18.9. The van der Waals surface area contributed by atoms with E-state index in [1.807, 2.05) is 0 Å². The molecule has 1 aromatic rings. The molecular formula is C18H23Br2N3O4. The molecule has 27 heavy (non-hydrogen) atoms. The Hall–Kier alpha value is -1.61. The predicted octanol–water partition coefficient (Wildman–Crippen LogP) is 3.91. The summed E-state index contributed by atoms with van der Waals surface area (Å²) in [6, 6.07) is 2.72. The number of hydrogen-bond acceptors (Lipinski definition) is 4. The highest BCUT2D eigenvalue weighted by molar-refractivity contribution is 9.11. The number of nitrogens with zero attached hydrogens (tertiary/aromatic N) is 1. The highest BCUT2D eigenvalue weighted by atomic mass is 79.9. The highest BCUT2D eigenvalue weighted by Crippen LogP contribution is 2.32. The largest absolute Gasteiger partial charge is 0.444 e. The molecule has 9 heteroatoms. The summed E-state index contributed by atoms with van der Waals surface area (Å²) in [6.45, 7) is 5.80. The van der Waals surface area contributed by atoms with Crippen molar-refractivity contribution in [3.63, 3.8) is 0 Å². The monoisotopic (exact) mass is 503 g/mol. The van der Waals surface area contributed by atoms with E-state index in [1.54, 1.807) is 32.9 Å². The molecular weight excluding hydrogens is 482 g/mol. The average molecular weight is 505 g/mol. The Labute approximate surface area is 175 Å². The molecule has 3 amide bonds. The number of halogens is 2. The quantitative estimate of drug-likeness (QED) is 0.653. The lowest BCUT2D eigenvalue weighted by atomic mass is 10.1. The smallest absolute Gasteiger partial charge is 0.410 e. The molecule has 1 aliphatic rings. The second-order valence-corrected chi connectivity index (χ2v) is 8.98. The number of anilines is 1. The first-order chi connectivity index (χ1) is 12.5. The molecule has 2 rings (SSSR count). The number of nitrogens with one attached hydrogen (secondary N) is 2. The van der Waals surface area contributed by atoms with Crippen molar-refractivity contribution in [1.29, 1.82) is 0 Å².